The van der Waals surface area contributed by atoms with Crippen LogP contribution in [0.1, 0.15) is 18.5 Å². The summed E-state index contributed by atoms with van der Waals surface area (Å²) >= 11 is 1.37. The largest absolute Gasteiger partial charge is 0.347 e. The quantitative estimate of drug-likeness (QED) is 0.632. The fourth-order valence-corrected chi connectivity index (χ4v) is 4.98. The fraction of sp³-hybridized carbons (Fsp3) is 0.550. The average Bonchev–Trinajstić information content (AvgIpc) is 3.48. The number of aromatic nitrogens is 1. The number of piperidine rings is 1. The third-order valence-corrected chi connectivity index (χ3v) is 6.69. The van der Waals surface area contributed by atoms with E-state index in [0.29, 0.717) is 18.1 Å². The summed E-state index contributed by atoms with van der Waals surface area (Å²) < 4.78 is 4.33. The molecule has 5 rings (SSSR count). The van der Waals surface area contributed by atoms with Gasteiger partial charge in [-0.25, -0.2) is 4.99 Å². The Morgan fingerprint density at radius 3 is 3.00 bits per heavy atom. The number of nitrogens with zero attached hydrogens (tertiary/aromatic N) is 6. The summed E-state index contributed by atoms with van der Waals surface area (Å²) in [7, 11) is 1.97. The van der Waals surface area contributed by atoms with E-state index in [1.165, 1.54) is 11.5 Å². The van der Waals surface area contributed by atoms with E-state index in [2.05, 4.69) is 35.3 Å². The van der Waals surface area contributed by atoms with Gasteiger partial charge in [0.1, 0.15) is 10.7 Å². The molecule has 0 spiro atoms. The van der Waals surface area contributed by atoms with Crippen LogP contribution in [0, 0.1) is 12.8 Å². The highest BCUT2D eigenvalue weighted by Gasteiger charge is 2.39. The number of nitrogens with one attached hydrogen (secondary N) is 3. The molecule has 164 valence electrons. The van der Waals surface area contributed by atoms with Crippen LogP contribution in [-0.2, 0) is 4.79 Å². The van der Waals surface area contributed by atoms with Crippen LogP contribution in [0.4, 0.5) is 5.00 Å². The van der Waals surface area contributed by atoms with Crippen molar-refractivity contribution in [2.75, 3.05) is 38.5 Å². The molecule has 3 unspecified atom stereocenters. The van der Waals surface area contributed by atoms with Gasteiger partial charge in [0.2, 0.25) is 0 Å². The zero-order chi connectivity index (χ0) is 21.4. The van der Waals surface area contributed by atoms with Gasteiger partial charge in [-0.2, -0.15) is 9.47 Å². The van der Waals surface area contributed by atoms with Crippen molar-refractivity contribution in [1.82, 2.24) is 24.9 Å². The number of amides is 1. The van der Waals surface area contributed by atoms with Crippen molar-refractivity contribution >= 4 is 40.3 Å². The van der Waals surface area contributed by atoms with Crippen LogP contribution in [0.2, 0.25) is 0 Å². The van der Waals surface area contributed by atoms with Gasteiger partial charge in [0.15, 0.2) is 11.7 Å². The molecule has 31 heavy (non-hydrogen) atoms. The second-order valence-corrected chi connectivity index (χ2v) is 9.16. The molecule has 0 saturated carbocycles. The molecule has 10 nitrogen and oxygen atoms in total. The van der Waals surface area contributed by atoms with Crippen molar-refractivity contribution in [3.63, 3.8) is 0 Å². The molecule has 4 aliphatic rings. The van der Waals surface area contributed by atoms with Gasteiger partial charge in [-0.15, -0.1) is 0 Å². The van der Waals surface area contributed by atoms with Crippen LogP contribution in [0.5, 0.6) is 0 Å². The summed E-state index contributed by atoms with van der Waals surface area (Å²) in [5.41, 5.74) is 1.33. The first-order chi connectivity index (χ1) is 15.1. The van der Waals surface area contributed by atoms with E-state index in [4.69, 9.17) is 4.99 Å². The summed E-state index contributed by atoms with van der Waals surface area (Å²) in [6.45, 7) is 5.22. The molecule has 1 aromatic heterocycles. The Hall–Kier alpha value is -2.79. The number of fused-ring (bicyclic) bond motifs is 1. The van der Waals surface area contributed by atoms with E-state index in [1.807, 2.05) is 37.5 Å². The predicted molar refractivity (Wildman–Crippen MR) is 123 cm³/mol. The normalized spacial score (nSPS) is 27.5. The van der Waals surface area contributed by atoms with Crippen molar-refractivity contribution in [2.24, 2.45) is 21.0 Å². The molecule has 4 aliphatic heterocycles. The highest BCUT2D eigenvalue weighted by atomic mass is 32.1. The highest BCUT2D eigenvalue weighted by molar-refractivity contribution is 7.10. The van der Waals surface area contributed by atoms with Crippen LogP contribution in [0.15, 0.2) is 33.0 Å². The third-order valence-electron chi connectivity index (χ3n) is 5.89. The number of hydrogen-bond acceptors (Lipinski definition) is 10. The highest BCUT2D eigenvalue weighted by Crippen LogP contribution is 2.27. The maximum absolute atomic E-state index is 13.1. The Kier molecular flexibility index (Phi) is 5.45. The van der Waals surface area contributed by atoms with Gasteiger partial charge in [-0.3, -0.25) is 14.8 Å². The van der Waals surface area contributed by atoms with E-state index < -0.39 is 0 Å². The Morgan fingerprint density at radius 2 is 2.29 bits per heavy atom. The minimum Gasteiger partial charge on any atom is -0.347 e. The Balaban J connectivity index is 1.40. The Bertz CT molecular complexity index is 975. The van der Waals surface area contributed by atoms with Gasteiger partial charge in [-0.05, 0) is 43.9 Å². The van der Waals surface area contributed by atoms with Crippen LogP contribution >= 0.6 is 11.5 Å². The lowest BCUT2D eigenvalue weighted by Crippen LogP contribution is -2.49. The fourth-order valence-electron chi connectivity index (χ4n) is 4.32. The monoisotopic (exact) mass is 441 g/mol. The second-order valence-electron chi connectivity index (χ2n) is 8.36. The zero-order valence-corrected chi connectivity index (χ0v) is 18.5. The number of aryl methyl sites for hydroxylation is 1. The van der Waals surface area contributed by atoms with Crippen molar-refractivity contribution in [1.29, 1.82) is 0 Å². The number of amidine groups is 2. The molecular weight excluding hydrogens is 414 g/mol. The van der Waals surface area contributed by atoms with E-state index in [1.54, 1.807) is 0 Å². The third kappa shape index (κ3) is 4.19. The summed E-state index contributed by atoms with van der Waals surface area (Å²) in [5, 5.41) is 17.0. The van der Waals surface area contributed by atoms with E-state index >= 15 is 0 Å². The number of anilines is 1. The number of hydrogen-bond donors (Lipinski definition) is 3. The van der Waals surface area contributed by atoms with Gasteiger partial charge in [0.05, 0.1) is 18.3 Å². The molecule has 0 aliphatic carbocycles. The van der Waals surface area contributed by atoms with Crippen LogP contribution in [0.3, 0.4) is 0 Å². The predicted octanol–water partition coefficient (Wildman–Crippen LogP) is 0.615. The van der Waals surface area contributed by atoms with Crippen LogP contribution in [0.25, 0.3) is 0 Å². The molecule has 1 amide bonds. The molecule has 1 aromatic rings. The van der Waals surface area contributed by atoms with E-state index in [0.717, 1.165) is 49.0 Å². The summed E-state index contributed by atoms with van der Waals surface area (Å²) in [5.74, 6) is 1.42. The smallest absolute Gasteiger partial charge is 0.271 e. The lowest BCUT2D eigenvalue weighted by Gasteiger charge is -2.31. The molecule has 1 saturated heterocycles. The van der Waals surface area contributed by atoms with Crippen molar-refractivity contribution in [3.8, 4) is 0 Å². The minimum absolute atomic E-state index is 0.110. The zero-order valence-electron chi connectivity index (χ0n) is 17.7. The van der Waals surface area contributed by atoms with Crippen LogP contribution in [-0.4, -0.2) is 83.4 Å². The maximum Gasteiger partial charge on any atom is 0.271 e. The first-order valence-corrected chi connectivity index (χ1v) is 11.4. The van der Waals surface area contributed by atoms with Gasteiger partial charge in [0, 0.05) is 44.5 Å². The molecule has 3 atom stereocenters. The first-order valence-electron chi connectivity index (χ1n) is 10.7. The number of hydrazone groups is 1. The number of rotatable bonds is 4. The summed E-state index contributed by atoms with van der Waals surface area (Å²) in [6, 6.07) is 2.20. The van der Waals surface area contributed by atoms with Gasteiger partial charge >= 0.3 is 0 Å². The van der Waals surface area contributed by atoms with E-state index in [-0.39, 0.29) is 23.9 Å². The molecule has 0 aromatic carbocycles. The summed E-state index contributed by atoms with van der Waals surface area (Å²) in [4.78, 5) is 24.6. The van der Waals surface area contributed by atoms with Crippen molar-refractivity contribution in [2.45, 2.75) is 31.8 Å². The minimum atomic E-state index is -0.157. The molecule has 3 N–H and O–H groups in total. The van der Waals surface area contributed by atoms with Crippen LogP contribution < -0.4 is 16.0 Å². The Morgan fingerprint density at radius 1 is 1.39 bits per heavy atom. The molecule has 5 heterocycles. The maximum atomic E-state index is 13.1. The van der Waals surface area contributed by atoms with Crippen molar-refractivity contribution < 1.29 is 4.79 Å². The standard InChI is InChI=1S/C20H27N9OS/c1-12-6-17(31-27-12)26-18-19-22-9-16(13-7-23-28(2)10-13)29(19)11-15(25-18)20(30)24-14-4-3-5-21-8-14/h6-7,11,13-14,16,21H,3-5,8-10H2,1-2H3,(H,24,30)(H,25,26). The summed E-state index contributed by atoms with van der Waals surface area (Å²) in [6.07, 6.45) is 5.86. The molecule has 1 fully saturated rings. The van der Waals surface area contributed by atoms with Gasteiger partial charge in [-0.1, -0.05) is 0 Å². The molecule has 11 heteroatoms. The lowest BCUT2D eigenvalue weighted by molar-refractivity contribution is -0.118. The number of carbonyl (C=O) groups excluding carboxylic acids is 1. The number of carbonyl (C=O) groups is 1. The molecule has 0 radical (unpaired) electrons. The number of aliphatic imine (C=N–C) groups is 2. The van der Waals surface area contributed by atoms with Crippen molar-refractivity contribution in [3.05, 3.63) is 23.7 Å². The SMILES string of the molecule is Cc1cc(NC2=NC(C(=O)NC3CCCNC3)=CN3C2=NCC3C2C=NN(C)C2)sn1. The van der Waals surface area contributed by atoms with Gasteiger partial charge < -0.3 is 20.9 Å². The molecular formula is C20H27N9OS. The topological polar surface area (TPSA) is 110 Å². The lowest BCUT2D eigenvalue weighted by atomic mass is 10.0. The van der Waals surface area contributed by atoms with E-state index in [9.17, 15) is 4.79 Å². The average molecular weight is 442 g/mol. The first kappa shape index (κ1) is 20.1. The van der Waals surface area contributed by atoms with Gasteiger partial charge in [0.25, 0.3) is 5.91 Å². The second kappa shape index (κ2) is 8.39. The molecule has 0 bridgehead atoms. The Labute approximate surface area is 185 Å².